The number of hydrogen-bond acceptors (Lipinski definition) is 6. The van der Waals surface area contributed by atoms with Crippen LogP contribution in [0.5, 0.6) is 0 Å². The fraction of sp³-hybridized carbons (Fsp3) is 0.235. The summed E-state index contributed by atoms with van der Waals surface area (Å²) < 4.78 is 0. The van der Waals surface area contributed by atoms with Crippen LogP contribution in [-0.4, -0.2) is 24.0 Å². The summed E-state index contributed by atoms with van der Waals surface area (Å²) in [6.45, 7) is 5.45. The lowest BCUT2D eigenvalue weighted by molar-refractivity contribution is 0.0957. The van der Waals surface area contributed by atoms with Crippen molar-refractivity contribution in [1.82, 2.24) is 10.3 Å². The van der Waals surface area contributed by atoms with Gasteiger partial charge in [-0.3, -0.25) is 4.79 Å². The molecule has 3 rings (SSSR count). The number of hydrogen-bond donors (Lipinski definition) is 2. The van der Waals surface area contributed by atoms with E-state index in [2.05, 4.69) is 27.8 Å². The van der Waals surface area contributed by atoms with E-state index in [1.54, 1.807) is 18.3 Å². The van der Waals surface area contributed by atoms with Gasteiger partial charge in [0.1, 0.15) is 16.9 Å². The summed E-state index contributed by atoms with van der Waals surface area (Å²) in [5.41, 5.74) is 8.13. The molecule has 0 aromatic carbocycles. The van der Waals surface area contributed by atoms with Gasteiger partial charge < -0.3 is 16.0 Å². The molecule has 0 saturated carbocycles. The maximum Gasteiger partial charge on any atom is 0.253 e. The van der Waals surface area contributed by atoms with Gasteiger partial charge >= 0.3 is 0 Å². The number of rotatable bonds is 4. The van der Waals surface area contributed by atoms with Crippen LogP contribution >= 0.6 is 11.3 Å². The topological polar surface area (TPSA) is 95.0 Å². The minimum atomic E-state index is -0.167. The number of nitrogens with one attached hydrogen (secondary N) is 1. The molecule has 0 fully saturated rings. The van der Waals surface area contributed by atoms with Crippen molar-refractivity contribution < 1.29 is 4.79 Å². The van der Waals surface area contributed by atoms with Gasteiger partial charge in [0.2, 0.25) is 0 Å². The lowest BCUT2D eigenvalue weighted by atomic mass is 10.0. The summed E-state index contributed by atoms with van der Waals surface area (Å²) in [5, 5.41) is 12.5. The van der Waals surface area contributed by atoms with Gasteiger partial charge in [0.05, 0.1) is 17.7 Å². The Balaban J connectivity index is 1.75. The van der Waals surface area contributed by atoms with Crippen LogP contribution in [0, 0.1) is 11.3 Å². The van der Waals surface area contributed by atoms with E-state index in [0.29, 0.717) is 29.2 Å². The third-order valence-electron chi connectivity index (χ3n) is 3.94. The van der Waals surface area contributed by atoms with E-state index < -0.39 is 0 Å². The Kier molecular flexibility index (Phi) is 4.49. The molecule has 1 aliphatic rings. The first-order valence-corrected chi connectivity index (χ1v) is 8.36. The molecule has 6 nitrogen and oxygen atoms in total. The van der Waals surface area contributed by atoms with Crippen LogP contribution in [0.15, 0.2) is 31.0 Å². The molecule has 0 radical (unpaired) electrons. The standard InChI is InChI=1S/C17H17N5OS/c1-2-6-20-17(23)11-3-4-15(21-9-11)22-7-5-12-13(8-18)16(19)24-14(12)10-22/h2-4,9H,1,5-7,10,19H2,(H,20,23). The van der Waals surface area contributed by atoms with E-state index in [1.807, 2.05) is 6.07 Å². The molecule has 0 spiro atoms. The predicted octanol–water partition coefficient (Wildman–Crippen LogP) is 2.08. The van der Waals surface area contributed by atoms with Crippen molar-refractivity contribution in [3.05, 3.63) is 52.6 Å². The van der Waals surface area contributed by atoms with E-state index >= 15 is 0 Å². The van der Waals surface area contributed by atoms with Crippen LogP contribution < -0.4 is 16.0 Å². The highest BCUT2D eigenvalue weighted by Crippen LogP contribution is 2.35. The normalized spacial score (nSPS) is 13.0. The summed E-state index contributed by atoms with van der Waals surface area (Å²) in [4.78, 5) is 19.5. The molecule has 24 heavy (non-hydrogen) atoms. The molecule has 3 heterocycles. The molecule has 122 valence electrons. The smallest absolute Gasteiger partial charge is 0.253 e. The van der Waals surface area contributed by atoms with Gasteiger partial charge in [0, 0.05) is 24.2 Å². The number of anilines is 2. The van der Waals surface area contributed by atoms with Crippen LogP contribution in [0.2, 0.25) is 0 Å². The van der Waals surface area contributed by atoms with Crippen molar-refractivity contribution in [1.29, 1.82) is 5.26 Å². The predicted molar refractivity (Wildman–Crippen MR) is 95.0 cm³/mol. The lowest BCUT2D eigenvalue weighted by Crippen LogP contribution is -2.30. The number of carbonyl (C=O) groups is 1. The minimum absolute atomic E-state index is 0.167. The van der Waals surface area contributed by atoms with Gasteiger partial charge in [-0.2, -0.15) is 5.26 Å². The summed E-state index contributed by atoms with van der Waals surface area (Å²) in [5.74, 6) is 0.644. The van der Waals surface area contributed by atoms with E-state index in [-0.39, 0.29) is 5.91 Å². The van der Waals surface area contributed by atoms with Crippen molar-refractivity contribution >= 4 is 28.1 Å². The molecule has 0 aliphatic carbocycles. The van der Waals surface area contributed by atoms with Gasteiger partial charge in [-0.15, -0.1) is 17.9 Å². The second-order valence-electron chi connectivity index (χ2n) is 5.43. The fourth-order valence-corrected chi connectivity index (χ4v) is 3.80. The minimum Gasteiger partial charge on any atom is -0.389 e. The van der Waals surface area contributed by atoms with Gasteiger partial charge in [-0.05, 0) is 24.1 Å². The zero-order valence-corrected chi connectivity index (χ0v) is 13.9. The van der Waals surface area contributed by atoms with Crippen LogP contribution in [0.25, 0.3) is 0 Å². The van der Waals surface area contributed by atoms with E-state index in [9.17, 15) is 10.1 Å². The van der Waals surface area contributed by atoms with Crippen LogP contribution in [0.1, 0.15) is 26.4 Å². The van der Waals surface area contributed by atoms with Crippen molar-refractivity contribution in [2.75, 3.05) is 23.7 Å². The van der Waals surface area contributed by atoms with Gasteiger partial charge in [0.25, 0.3) is 5.91 Å². The van der Waals surface area contributed by atoms with Gasteiger partial charge in [-0.25, -0.2) is 4.98 Å². The first-order chi connectivity index (χ1) is 11.6. The van der Waals surface area contributed by atoms with Gasteiger partial charge in [-0.1, -0.05) is 6.08 Å². The molecular formula is C17H17N5OS. The first-order valence-electron chi connectivity index (χ1n) is 7.54. The Hall–Kier alpha value is -2.85. The summed E-state index contributed by atoms with van der Waals surface area (Å²) in [7, 11) is 0. The highest BCUT2D eigenvalue weighted by Gasteiger charge is 2.24. The van der Waals surface area contributed by atoms with Crippen molar-refractivity contribution in [3.8, 4) is 6.07 Å². The second-order valence-corrected chi connectivity index (χ2v) is 6.57. The molecule has 7 heteroatoms. The molecule has 1 aliphatic heterocycles. The van der Waals surface area contributed by atoms with E-state index in [1.165, 1.54) is 11.3 Å². The van der Waals surface area contributed by atoms with Crippen LogP contribution in [-0.2, 0) is 13.0 Å². The van der Waals surface area contributed by atoms with Crippen LogP contribution in [0.4, 0.5) is 10.8 Å². The molecule has 1 amide bonds. The summed E-state index contributed by atoms with van der Waals surface area (Å²) in [6, 6.07) is 5.80. The largest absolute Gasteiger partial charge is 0.389 e. The number of pyridine rings is 1. The maximum absolute atomic E-state index is 11.9. The lowest BCUT2D eigenvalue weighted by Gasteiger charge is -2.28. The fourth-order valence-electron chi connectivity index (χ4n) is 2.72. The third kappa shape index (κ3) is 2.96. The number of thiophene rings is 1. The van der Waals surface area contributed by atoms with E-state index in [0.717, 1.165) is 29.2 Å². The summed E-state index contributed by atoms with van der Waals surface area (Å²) in [6.07, 6.45) is 3.98. The monoisotopic (exact) mass is 339 g/mol. The molecule has 0 bridgehead atoms. The highest BCUT2D eigenvalue weighted by atomic mass is 32.1. The maximum atomic E-state index is 11.9. The molecule has 2 aromatic rings. The number of fused-ring (bicyclic) bond motifs is 1. The number of carbonyl (C=O) groups excluding carboxylic acids is 1. The Labute approximate surface area is 144 Å². The van der Waals surface area contributed by atoms with Crippen molar-refractivity contribution in [2.45, 2.75) is 13.0 Å². The number of aromatic nitrogens is 1. The second kappa shape index (κ2) is 6.72. The zero-order valence-electron chi connectivity index (χ0n) is 13.1. The van der Waals surface area contributed by atoms with Crippen molar-refractivity contribution in [3.63, 3.8) is 0 Å². The Morgan fingerprint density at radius 2 is 2.42 bits per heavy atom. The highest BCUT2D eigenvalue weighted by molar-refractivity contribution is 7.16. The SMILES string of the molecule is C=CCNC(=O)c1ccc(N2CCc3c(sc(N)c3C#N)C2)nc1. The Morgan fingerprint density at radius 3 is 3.08 bits per heavy atom. The Bertz CT molecular complexity index is 819. The number of nitriles is 1. The van der Waals surface area contributed by atoms with E-state index in [4.69, 9.17) is 5.73 Å². The molecule has 0 atom stereocenters. The van der Waals surface area contributed by atoms with Crippen LogP contribution in [0.3, 0.4) is 0 Å². The number of amides is 1. The number of nitrogens with zero attached hydrogens (tertiary/aromatic N) is 3. The Morgan fingerprint density at radius 1 is 1.58 bits per heavy atom. The molecule has 3 N–H and O–H groups in total. The van der Waals surface area contributed by atoms with Crippen molar-refractivity contribution in [2.24, 2.45) is 0 Å². The van der Waals surface area contributed by atoms with Gasteiger partial charge in [0.15, 0.2) is 0 Å². The molecular weight excluding hydrogens is 322 g/mol. The third-order valence-corrected chi connectivity index (χ3v) is 4.98. The number of nitrogens with two attached hydrogens (primary N) is 1. The average Bonchev–Trinajstić information content (AvgIpc) is 2.93. The number of nitrogen functional groups attached to an aromatic ring is 1. The summed E-state index contributed by atoms with van der Waals surface area (Å²) >= 11 is 1.47. The molecule has 0 unspecified atom stereocenters. The zero-order chi connectivity index (χ0) is 17.1. The first kappa shape index (κ1) is 16.0. The molecule has 0 saturated heterocycles. The average molecular weight is 339 g/mol. The molecule has 2 aromatic heterocycles. The quantitative estimate of drug-likeness (QED) is 0.832.